The Bertz CT molecular complexity index is 797. The maximum absolute atomic E-state index is 12.9. The molecule has 0 saturated heterocycles. The Hall–Kier alpha value is -1.80. The van der Waals surface area contributed by atoms with Gasteiger partial charge in [-0.2, -0.15) is 9.40 Å². The molecular weight excluding hydrogens is 290 g/mol. The number of hydrogen-bond donors (Lipinski definition) is 0. The van der Waals surface area contributed by atoms with Crippen molar-refractivity contribution in [1.82, 2.24) is 24.1 Å². The highest BCUT2D eigenvalue weighted by atomic mass is 32.2. The molecule has 3 heterocycles. The molecule has 0 atom stereocenters. The zero-order valence-corrected chi connectivity index (χ0v) is 13.1. The molecule has 0 unspecified atom stereocenters. The smallest absolute Gasteiger partial charge is 0.247 e. The Morgan fingerprint density at radius 2 is 2.05 bits per heavy atom. The van der Waals surface area contributed by atoms with Gasteiger partial charge in [0.2, 0.25) is 10.0 Å². The lowest BCUT2D eigenvalue weighted by atomic mass is 10.1. The zero-order chi connectivity index (χ0) is 15.2. The molecule has 3 rings (SSSR count). The summed E-state index contributed by atoms with van der Waals surface area (Å²) >= 11 is 0. The van der Waals surface area contributed by atoms with E-state index in [0.29, 0.717) is 35.8 Å². The third-order valence-corrected chi connectivity index (χ3v) is 5.96. The highest BCUT2D eigenvalue weighted by Gasteiger charge is 2.33. The van der Waals surface area contributed by atoms with Crippen LogP contribution in [0.5, 0.6) is 0 Å². The van der Waals surface area contributed by atoms with Gasteiger partial charge in [-0.25, -0.2) is 18.4 Å². The molecule has 0 amide bonds. The maximum Gasteiger partial charge on any atom is 0.247 e. The van der Waals surface area contributed by atoms with Crippen molar-refractivity contribution >= 4 is 10.0 Å². The van der Waals surface area contributed by atoms with Crippen LogP contribution in [0.25, 0.3) is 0 Å². The van der Waals surface area contributed by atoms with E-state index in [1.165, 1.54) is 10.6 Å². The zero-order valence-electron chi connectivity index (χ0n) is 12.2. The van der Waals surface area contributed by atoms with Crippen LogP contribution in [-0.4, -0.2) is 39.0 Å². The first-order chi connectivity index (χ1) is 9.91. The van der Waals surface area contributed by atoms with E-state index in [0.717, 1.165) is 11.3 Å². The van der Waals surface area contributed by atoms with Crippen molar-refractivity contribution in [3.05, 3.63) is 35.2 Å². The van der Waals surface area contributed by atoms with E-state index in [9.17, 15) is 8.42 Å². The second kappa shape index (κ2) is 4.88. The highest BCUT2D eigenvalue weighted by molar-refractivity contribution is 7.89. The van der Waals surface area contributed by atoms with E-state index in [-0.39, 0.29) is 0 Å². The average molecular weight is 307 g/mol. The fourth-order valence-corrected chi connectivity index (χ4v) is 4.52. The fraction of sp³-hybridized carbons (Fsp3) is 0.462. The molecule has 0 bridgehead atoms. The van der Waals surface area contributed by atoms with E-state index >= 15 is 0 Å². The van der Waals surface area contributed by atoms with Crippen LogP contribution in [0.1, 0.15) is 22.6 Å². The molecule has 112 valence electrons. The van der Waals surface area contributed by atoms with Gasteiger partial charge in [0.15, 0.2) is 0 Å². The summed E-state index contributed by atoms with van der Waals surface area (Å²) in [6.45, 7) is 4.24. The van der Waals surface area contributed by atoms with Gasteiger partial charge in [-0.05, 0) is 13.8 Å². The van der Waals surface area contributed by atoms with E-state index in [4.69, 9.17) is 0 Å². The number of fused-ring (bicyclic) bond motifs is 1. The van der Waals surface area contributed by atoms with Crippen LogP contribution in [-0.2, 0) is 30.0 Å². The molecule has 7 nitrogen and oxygen atoms in total. The molecule has 21 heavy (non-hydrogen) atoms. The van der Waals surface area contributed by atoms with Gasteiger partial charge < -0.3 is 0 Å². The summed E-state index contributed by atoms with van der Waals surface area (Å²) in [6, 6.07) is 0. The van der Waals surface area contributed by atoms with Crippen molar-refractivity contribution in [1.29, 1.82) is 0 Å². The van der Waals surface area contributed by atoms with Crippen molar-refractivity contribution in [2.24, 2.45) is 7.05 Å². The van der Waals surface area contributed by atoms with Gasteiger partial charge >= 0.3 is 0 Å². The third kappa shape index (κ3) is 2.24. The number of nitrogens with zero attached hydrogens (tertiary/aromatic N) is 5. The lowest BCUT2D eigenvalue weighted by Crippen LogP contribution is -2.36. The summed E-state index contributed by atoms with van der Waals surface area (Å²) in [7, 11) is -1.80. The predicted molar refractivity (Wildman–Crippen MR) is 76.0 cm³/mol. The fourth-order valence-electron chi connectivity index (χ4n) is 2.70. The molecule has 1 aliphatic rings. The summed E-state index contributed by atoms with van der Waals surface area (Å²) in [5.74, 6) is 0. The average Bonchev–Trinajstić information content (AvgIpc) is 2.72. The monoisotopic (exact) mass is 307 g/mol. The van der Waals surface area contributed by atoms with Crippen LogP contribution >= 0.6 is 0 Å². The minimum atomic E-state index is -3.55. The highest BCUT2D eigenvalue weighted by Crippen LogP contribution is 2.27. The van der Waals surface area contributed by atoms with E-state index in [2.05, 4.69) is 15.1 Å². The molecule has 0 saturated carbocycles. The van der Waals surface area contributed by atoms with Crippen molar-refractivity contribution < 1.29 is 8.42 Å². The van der Waals surface area contributed by atoms with E-state index < -0.39 is 10.0 Å². The number of aromatic nitrogens is 4. The van der Waals surface area contributed by atoms with Gasteiger partial charge in [-0.3, -0.25) is 4.68 Å². The Morgan fingerprint density at radius 3 is 2.71 bits per heavy atom. The minimum absolute atomic E-state index is 0.310. The van der Waals surface area contributed by atoms with E-state index in [1.807, 2.05) is 0 Å². The molecule has 0 aromatic carbocycles. The molecule has 8 heteroatoms. The van der Waals surface area contributed by atoms with Crippen LogP contribution in [0, 0.1) is 13.8 Å². The second-order valence-corrected chi connectivity index (χ2v) is 7.08. The summed E-state index contributed by atoms with van der Waals surface area (Å²) in [6.07, 6.45) is 3.79. The molecule has 0 radical (unpaired) electrons. The first-order valence-electron chi connectivity index (χ1n) is 6.69. The summed E-state index contributed by atoms with van der Waals surface area (Å²) in [5.41, 5.74) is 2.98. The Morgan fingerprint density at radius 1 is 1.29 bits per heavy atom. The van der Waals surface area contributed by atoms with E-state index in [1.54, 1.807) is 31.8 Å². The molecular formula is C13H17N5O2S. The molecule has 2 aromatic heterocycles. The Balaban J connectivity index is 2.01. The summed E-state index contributed by atoms with van der Waals surface area (Å²) < 4.78 is 28.8. The quantitative estimate of drug-likeness (QED) is 0.810. The lowest BCUT2D eigenvalue weighted by Gasteiger charge is -2.27. The Kier molecular flexibility index (Phi) is 3.29. The van der Waals surface area contributed by atoms with Crippen LogP contribution in [0.2, 0.25) is 0 Å². The normalized spacial score (nSPS) is 16.0. The minimum Gasteiger partial charge on any atom is -0.271 e. The first kappa shape index (κ1) is 14.2. The first-order valence-corrected chi connectivity index (χ1v) is 8.13. The Labute approximate surface area is 123 Å². The molecule has 2 aromatic rings. The third-order valence-electron chi connectivity index (χ3n) is 3.87. The molecule has 0 N–H and O–H groups in total. The van der Waals surface area contributed by atoms with Crippen LogP contribution in [0.4, 0.5) is 0 Å². The predicted octanol–water partition coefficient (Wildman–Crippen LogP) is 0.574. The standard InChI is InChI=1S/C13H17N5O2S/c1-9-13(10(2)17(3)16-9)21(19,20)18-5-4-12-11(7-18)6-14-8-15-12/h6,8H,4-5,7H2,1-3H3. The molecule has 1 aliphatic heterocycles. The van der Waals surface area contributed by atoms with Gasteiger partial charge in [0.25, 0.3) is 0 Å². The summed E-state index contributed by atoms with van der Waals surface area (Å²) in [5, 5.41) is 4.20. The molecule has 0 fully saturated rings. The number of aryl methyl sites for hydroxylation is 2. The van der Waals surface area contributed by atoms with Crippen LogP contribution < -0.4 is 0 Å². The van der Waals surface area contributed by atoms with Crippen LogP contribution in [0.3, 0.4) is 0 Å². The number of rotatable bonds is 2. The van der Waals surface area contributed by atoms with Gasteiger partial charge in [0, 0.05) is 44.0 Å². The summed E-state index contributed by atoms with van der Waals surface area (Å²) in [4.78, 5) is 8.49. The van der Waals surface area contributed by atoms with Crippen molar-refractivity contribution in [3.63, 3.8) is 0 Å². The van der Waals surface area contributed by atoms with Crippen molar-refractivity contribution in [2.45, 2.75) is 31.7 Å². The van der Waals surface area contributed by atoms with Gasteiger partial charge in [-0.15, -0.1) is 0 Å². The molecule has 0 spiro atoms. The second-order valence-electron chi connectivity index (χ2n) is 5.21. The molecule has 0 aliphatic carbocycles. The maximum atomic E-state index is 12.9. The SMILES string of the molecule is Cc1nn(C)c(C)c1S(=O)(=O)N1CCc2ncncc2C1. The van der Waals surface area contributed by atoms with Gasteiger partial charge in [0.1, 0.15) is 11.2 Å². The van der Waals surface area contributed by atoms with Crippen molar-refractivity contribution in [3.8, 4) is 0 Å². The largest absolute Gasteiger partial charge is 0.271 e. The number of sulfonamides is 1. The number of hydrogen-bond acceptors (Lipinski definition) is 5. The van der Waals surface area contributed by atoms with Crippen LogP contribution in [0.15, 0.2) is 17.4 Å². The van der Waals surface area contributed by atoms with Gasteiger partial charge in [-0.1, -0.05) is 0 Å². The van der Waals surface area contributed by atoms with Gasteiger partial charge in [0.05, 0.1) is 11.4 Å². The van der Waals surface area contributed by atoms with Crippen molar-refractivity contribution in [2.75, 3.05) is 6.54 Å². The topological polar surface area (TPSA) is 81.0 Å². The lowest BCUT2D eigenvalue weighted by molar-refractivity contribution is 0.386.